The average Bonchev–Trinajstić information content (AvgIpc) is 2.42. The van der Waals surface area contributed by atoms with Gasteiger partial charge in [-0.2, -0.15) is 0 Å². The van der Waals surface area contributed by atoms with E-state index in [0.717, 1.165) is 11.1 Å². The van der Waals surface area contributed by atoms with Gasteiger partial charge in [-0.05, 0) is 24.8 Å². The number of benzene rings is 1. The highest BCUT2D eigenvalue weighted by Gasteiger charge is 2.31. The maximum absolute atomic E-state index is 12.4. The molecule has 0 saturated heterocycles. The lowest BCUT2D eigenvalue weighted by atomic mass is 9.86. The van der Waals surface area contributed by atoms with Gasteiger partial charge in [-0.15, -0.1) is 12.4 Å². The molecule has 0 aromatic heterocycles. The van der Waals surface area contributed by atoms with Crippen molar-refractivity contribution in [3.05, 3.63) is 35.4 Å². The van der Waals surface area contributed by atoms with Crippen LogP contribution in [0.2, 0.25) is 0 Å². The third kappa shape index (κ3) is 5.59. The van der Waals surface area contributed by atoms with Gasteiger partial charge < -0.3 is 15.7 Å². The van der Waals surface area contributed by atoms with Crippen LogP contribution in [0.3, 0.4) is 0 Å². The molecule has 0 saturated carbocycles. The molecule has 2 atom stereocenters. The number of nitrogens with zero attached hydrogens (tertiary/aromatic N) is 1. The minimum Gasteiger partial charge on any atom is -0.387 e. The summed E-state index contributed by atoms with van der Waals surface area (Å²) >= 11 is 0. The Bertz CT molecular complexity index is 469. The Morgan fingerprint density at radius 3 is 2.18 bits per heavy atom. The molecule has 1 unspecified atom stereocenters. The predicted octanol–water partition coefficient (Wildman–Crippen LogP) is 2.67. The molecular weight excluding hydrogens is 300 g/mol. The summed E-state index contributed by atoms with van der Waals surface area (Å²) in [4.78, 5) is 14.1. The zero-order valence-electron chi connectivity index (χ0n) is 14.2. The number of rotatable bonds is 5. The maximum Gasteiger partial charge on any atom is 0.240 e. The molecule has 126 valence electrons. The molecule has 22 heavy (non-hydrogen) atoms. The van der Waals surface area contributed by atoms with Gasteiger partial charge in [0, 0.05) is 6.54 Å². The summed E-state index contributed by atoms with van der Waals surface area (Å²) in [6.45, 7) is 10.5. The summed E-state index contributed by atoms with van der Waals surface area (Å²) in [5.74, 6) is -0.115. The molecule has 0 aliphatic rings. The van der Waals surface area contributed by atoms with Crippen molar-refractivity contribution >= 4 is 18.3 Å². The number of nitrogens with two attached hydrogens (primary N) is 1. The second kappa shape index (κ2) is 8.51. The van der Waals surface area contributed by atoms with Gasteiger partial charge in [-0.25, -0.2) is 0 Å². The Morgan fingerprint density at radius 2 is 1.77 bits per heavy atom. The van der Waals surface area contributed by atoms with Crippen LogP contribution in [-0.4, -0.2) is 35.0 Å². The zero-order valence-corrected chi connectivity index (χ0v) is 15.0. The van der Waals surface area contributed by atoms with Gasteiger partial charge >= 0.3 is 0 Å². The molecule has 0 aliphatic carbocycles. The van der Waals surface area contributed by atoms with Crippen LogP contribution in [0.5, 0.6) is 0 Å². The Morgan fingerprint density at radius 1 is 1.27 bits per heavy atom. The number of carbonyl (C=O) groups excluding carboxylic acids is 1. The molecule has 1 aromatic rings. The fourth-order valence-corrected chi connectivity index (χ4v) is 2.04. The molecule has 0 fully saturated rings. The van der Waals surface area contributed by atoms with Crippen LogP contribution < -0.4 is 5.73 Å². The standard InChI is InChI=1S/C17H28N2O2.ClH/c1-6-19(16(21)15(18)17(3,4)5)11-14(20)13-9-7-12(2)8-10-13;/h7-10,14-15,20H,6,11,18H2,1-5H3;1H/t14?,15-;/m1./s1. The lowest BCUT2D eigenvalue weighted by Crippen LogP contribution is -2.51. The number of carbonyl (C=O) groups is 1. The molecule has 3 N–H and O–H groups in total. The number of hydrogen-bond acceptors (Lipinski definition) is 3. The van der Waals surface area contributed by atoms with E-state index in [1.54, 1.807) is 4.90 Å². The van der Waals surface area contributed by atoms with E-state index in [2.05, 4.69) is 0 Å². The first kappa shape index (κ1) is 20.9. The van der Waals surface area contributed by atoms with Crippen molar-refractivity contribution < 1.29 is 9.90 Å². The smallest absolute Gasteiger partial charge is 0.240 e. The topological polar surface area (TPSA) is 66.6 Å². The van der Waals surface area contributed by atoms with Gasteiger partial charge in [0.1, 0.15) is 0 Å². The highest BCUT2D eigenvalue weighted by Crippen LogP contribution is 2.21. The normalized spacial score (nSPS) is 14.0. The first-order chi connectivity index (χ1) is 9.66. The fraction of sp³-hybridized carbons (Fsp3) is 0.588. The number of likely N-dealkylation sites (N-methyl/N-ethyl adjacent to an activating group) is 1. The van der Waals surface area contributed by atoms with Gasteiger partial charge in [0.25, 0.3) is 0 Å². The number of aliphatic hydroxyl groups excluding tert-OH is 1. The summed E-state index contributed by atoms with van der Waals surface area (Å²) in [5.41, 5.74) is 7.70. The summed E-state index contributed by atoms with van der Waals surface area (Å²) in [5, 5.41) is 10.3. The number of aliphatic hydroxyl groups is 1. The molecule has 1 rings (SSSR count). The van der Waals surface area contributed by atoms with Crippen molar-refractivity contribution in [1.82, 2.24) is 4.90 Å². The van der Waals surface area contributed by atoms with Crippen molar-refractivity contribution in [2.75, 3.05) is 13.1 Å². The highest BCUT2D eigenvalue weighted by atomic mass is 35.5. The molecule has 0 heterocycles. The van der Waals surface area contributed by atoms with E-state index >= 15 is 0 Å². The van der Waals surface area contributed by atoms with E-state index in [0.29, 0.717) is 6.54 Å². The van der Waals surface area contributed by atoms with Crippen LogP contribution in [0.25, 0.3) is 0 Å². The number of halogens is 1. The van der Waals surface area contributed by atoms with Crippen LogP contribution in [0.4, 0.5) is 0 Å². The Labute approximate surface area is 140 Å². The molecule has 5 heteroatoms. The lowest BCUT2D eigenvalue weighted by Gasteiger charge is -2.32. The van der Waals surface area contributed by atoms with Crippen LogP contribution >= 0.6 is 12.4 Å². The first-order valence-corrected chi connectivity index (χ1v) is 7.45. The Balaban J connectivity index is 0.00000441. The summed E-state index contributed by atoms with van der Waals surface area (Å²) in [7, 11) is 0. The second-order valence-corrected chi connectivity index (χ2v) is 6.65. The predicted molar refractivity (Wildman–Crippen MR) is 93.1 cm³/mol. The van der Waals surface area contributed by atoms with Crippen LogP contribution in [0.15, 0.2) is 24.3 Å². The van der Waals surface area contributed by atoms with E-state index in [9.17, 15) is 9.90 Å². The van der Waals surface area contributed by atoms with Gasteiger partial charge in [0.05, 0.1) is 18.7 Å². The van der Waals surface area contributed by atoms with Crippen molar-refractivity contribution in [2.45, 2.75) is 46.8 Å². The van der Waals surface area contributed by atoms with E-state index in [4.69, 9.17) is 5.73 Å². The monoisotopic (exact) mass is 328 g/mol. The highest BCUT2D eigenvalue weighted by molar-refractivity contribution is 5.85. The Kier molecular flexibility index (Phi) is 8.09. The zero-order chi connectivity index (χ0) is 16.2. The fourth-order valence-electron chi connectivity index (χ4n) is 2.04. The summed E-state index contributed by atoms with van der Waals surface area (Å²) in [6, 6.07) is 7.13. The SMILES string of the molecule is CCN(CC(O)c1ccc(C)cc1)C(=O)[C@@H](N)C(C)(C)C.Cl. The minimum absolute atomic E-state index is 0. The first-order valence-electron chi connectivity index (χ1n) is 7.45. The Hall–Kier alpha value is -1.10. The van der Waals surface area contributed by atoms with E-state index in [-0.39, 0.29) is 30.3 Å². The quantitative estimate of drug-likeness (QED) is 0.873. The molecule has 0 radical (unpaired) electrons. The number of aryl methyl sites for hydroxylation is 1. The molecular formula is C17H29ClN2O2. The summed E-state index contributed by atoms with van der Waals surface area (Å²) < 4.78 is 0. The van der Waals surface area contributed by atoms with Crippen LogP contribution in [0, 0.1) is 12.3 Å². The van der Waals surface area contributed by atoms with Crippen LogP contribution in [0.1, 0.15) is 44.9 Å². The second-order valence-electron chi connectivity index (χ2n) is 6.65. The molecule has 1 amide bonds. The van der Waals surface area contributed by atoms with Crippen molar-refractivity contribution in [3.8, 4) is 0 Å². The molecule has 1 aromatic carbocycles. The summed E-state index contributed by atoms with van der Waals surface area (Å²) in [6.07, 6.45) is -0.693. The maximum atomic E-state index is 12.4. The van der Waals surface area contributed by atoms with Crippen molar-refractivity contribution in [3.63, 3.8) is 0 Å². The molecule has 0 spiro atoms. The number of hydrogen-bond donors (Lipinski definition) is 2. The van der Waals surface area contributed by atoms with Crippen molar-refractivity contribution in [1.29, 1.82) is 0 Å². The molecule has 4 nitrogen and oxygen atoms in total. The average molecular weight is 329 g/mol. The van der Waals surface area contributed by atoms with E-state index < -0.39 is 12.1 Å². The third-order valence-electron chi connectivity index (χ3n) is 3.75. The number of amides is 1. The van der Waals surface area contributed by atoms with Crippen molar-refractivity contribution in [2.24, 2.45) is 11.1 Å². The minimum atomic E-state index is -0.693. The van der Waals surface area contributed by atoms with Gasteiger partial charge in [-0.3, -0.25) is 4.79 Å². The van der Waals surface area contributed by atoms with E-state index in [1.165, 1.54) is 0 Å². The molecule has 0 aliphatic heterocycles. The lowest BCUT2D eigenvalue weighted by molar-refractivity contribution is -0.136. The van der Waals surface area contributed by atoms with Crippen LogP contribution in [-0.2, 0) is 4.79 Å². The molecule has 0 bridgehead atoms. The largest absolute Gasteiger partial charge is 0.387 e. The third-order valence-corrected chi connectivity index (χ3v) is 3.75. The van der Waals surface area contributed by atoms with Gasteiger partial charge in [0.15, 0.2) is 0 Å². The van der Waals surface area contributed by atoms with E-state index in [1.807, 2.05) is 58.9 Å². The van der Waals surface area contributed by atoms with Gasteiger partial charge in [-0.1, -0.05) is 50.6 Å². The van der Waals surface area contributed by atoms with Gasteiger partial charge in [0.2, 0.25) is 5.91 Å².